The number of aryl methyl sites for hydroxylation is 2. The molecule has 5 nitrogen and oxygen atoms in total. The second-order valence-electron chi connectivity index (χ2n) is 7.05. The number of guanidine groups is 1. The van der Waals surface area contributed by atoms with E-state index in [1.54, 1.807) is 18.4 Å². The lowest BCUT2D eigenvalue weighted by molar-refractivity contribution is -0.176. The standard InChI is InChI=1S/C17H30N4OS.HI/c1-11-13(23-12(2)20-11)8-9-19-15(18-6)21-14-10-17(5,22-7)16(14,3)4;/h14H,8-10H2,1-7H3,(H2,18,19,21);1H. The summed E-state index contributed by atoms with van der Waals surface area (Å²) in [5.41, 5.74) is 1.15. The highest BCUT2D eigenvalue weighted by Crippen LogP contribution is 2.51. The lowest BCUT2D eigenvalue weighted by atomic mass is 9.56. The zero-order chi connectivity index (χ0) is 17.3. The van der Waals surface area contributed by atoms with E-state index in [0.717, 1.165) is 36.0 Å². The fraction of sp³-hybridized carbons (Fsp3) is 0.765. The molecule has 0 amide bonds. The third-order valence-electron chi connectivity index (χ3n) is 5.46. The van der Waals surface area contributed by atoms with Gasteiger partial charge in [-0.1, -0.05) is 13.8 Å². The lowest BCUT2D eigenvalue weighted by Crippen LogP contribution is -2.69. The van der Waals surface area contributed by atoms with Crippen LogP contribution in [0.5, 0.6) is 0 Å². The number of rotatable bonds is 5. The first-order valence-electron chi connectivity index (χ1n) is 8.18. The number of hydrogen-bond acceptors (Lipinski definition) is 4. The monoisotopic (exact) mass is 466 g/mol. The second-order valence-corrected chi connectivity index (χ2v) is 8.34. The van der Waals surface area contributed by atoms with Crippen molar-refractivity contribution >= 4 is 41.3 Å². The van der Waals surface area contributed by atoms with Crippen molar-refractivity contribution in [2.45, 2.75) is 59.1 Å². The SMILES string of the molecule is CN=C(NCCc1sc(C)nc1C)NC1CC(C)(OC)C1(C)C.I. The summed E-state index contributed by atoms with van der Waals surface area (Å²) in [5.74, 6) is 0.861. The first kappa shape index (κ1) is 21.6. The Hall–Kier alpha value is -0.410. The second kappa shape index (κ2) is 8.31. The van der Waals surface area contributed by atoms with Gasteiger partial charge in [0.25, 0.3) is 0 Å². The van der Waals surface area contributed by atoms with E-state index in [0.29, 0.717) is 6.04 Å². The third-order valence-corrected chi connectivity index (χ3v) is 6.59. The van der Waals surface area contributed by atoms with Gasteiger partial charge < -0.3 is 15.4 Å². The van der Waals surface area contributed by atoms with Crippen molar-refractivity contribution in [2.24, 2.45) is 10.4 Å². The number of nitrogens with one attached hydrogen (secondary N) is 2. The number of thiazole rings is 1. The summed E-state index contributed by atoms with van der Waals surface area (Å²) >= 11 is 1.78. The van der Waals surface area contributed by atoms with Gasteiger partial charge in [0.15, 0.2) is 5.96 Å². The number of aliphatic imine (C=N–C) groups is 1. The van der Waals surface area contributed by atoms with Gasteiger partial charge in [0.1, 0.15) is 0 Å². The van der Waals surface area contributed by atoms with Crippen LogP contribution < -0.4 is 10.6 Å². The molecule has 0 spiro atoms. The molecule has 2 N–H and O–H groups in total. The van der Waals surface area contributed by atoms with E-state index in [2.05, 4.69) is 55.2 Å². The number of hydrogen-bond donors (Lipinski definition) is 2. The maximum absolute atomic E-state index is 5.68. The Balaban J connectivity index is 0.00000288. The third kappa shape index (κ3) is 4.22. The van der Waals surface area contributed by atoms with Gasteiger partial charge in [0.2, 0.25) is 0 Å². The molecule has 2 atom stereocenters. The summed E-state index contributed by atoms with van der Waals surface area (Å²) in [6.07, 6.45) is 1.96. The molecule has 1 aromatic heterocycles. The Kier molecular flexibility index (Phi) is 7.49. The molecule has 0 bridgehead atoms. The highest BCUT2D eigenvalue weighted by molar-refractivity contribution is 14.0. The zero-order valence-electron chi connectivity index (χ0n) is 15.8. The van der Waals surface area contributed by atoms with Crippen molar-refractivity contribution < 1.29 is 4.74 Å². The average Bonchev–Trinajstić information content (AvgIpc) is 2.82. The molecule has 1 aromatic rings. The molecule has 1 saturated carbocycles. The van der Waals surface area contributed by atoms with Crippen LogP contribution in [0.1, 0.15) is 42.8 Å². The topological polar surface area (TPSA) is 58.5 Å². The van der Waals surface area contributed by atoms with Crippen LogP contribution in [0.4, 0.5) is 0 Å². The minimum absolute atomic E-state index is 0. The van der Waals surface area contributed by atoms with Crippen LogP contribution in [0.3, 0.4) is 0 Å². The summed E-state index contributed by atoms with van der Waals surface area (Å²) < 4.78 is 5.68. The average molecular weight is 466 g/mol. The van der Waals surface area contributed by atoms with Crippen molar-refractivity contribution in [1.29, 1.82) is 0 Å². The molecule has 1 heterocycles. The molecular formula is C17H31IN4OS. The Morgan fingerprint density at radius 2 is 2.04 bits per heavy atom. The summed E-state index contributed by atoms with van der Waals surface area (Å²) in [5, 5.41) is 8.08. The molecule has 0 aromatic carbocycles. The van der Waals surface area contributed by atoms with Gasteiger partial charge in [-0.15, -0.1) is 35.3 Å². The van der Waals surface area contributed by atoms with Gasteiger partial charge >= 0.3 is 0 Å². The van der Waals surface area contributed by atoms with E-state index in [1.807, 2.05) is 7.05 Å². The fourth-order valence-electron chi connectivity index (χ4n) is 3.18. The quantitative estimate of drug-likeness (QED) is 0.397. The van der Waals surface area contributed by atoms with Crippen LogP contribution >= 0.6 is 35.3 Å². The summed E-state index contributed by atoms with van der Waals surface area (Å²) in [6, 6.07) is 0.367. The smallest absolute Gasteiger partial charge is 0.191 e. The molecule has 0 saturated heterocycles. The van der Waals surface area contributed by atoms with Crippen LogP contribution in [-0.4, -0.2) is 43.3 Å². The molecule has 2 rings (SSSR count). The molecule has 1 fully saturated rings. The van der Waals surface area contributed by atoms with Crippen molar-refractivity contribution in [2.75, 3.05) is 20.7 Å². The van der Waals surface area contributed by atoms with Crippen molar-refractivity contribution in [3.63, 3.8) is 0 Å². The van der Waals surface area contributed by atoms with Crippen LogP contribution in [-0.2, 0) is 11.2 Å². The number of aromatic nitrogens is 1. The van der Waals surface area contributed by atoms with E-state index in [9.17, 15) is 0 Å². The minimum atomic E-state index is -0.0687. The molecular weight excluding hydrogens is 435 g/mol. The van der Waals surface area contributed by atoms with E-state index < -0.39 is 0 Å². The van der Waals surface area contributed by atoms with Crippen LogP contribution in [0.25, 0.3) is 0 Å². The lowest BCUT2D eigenvalue weighted by Gasteiger charge is -2.59. The first-order valence-corrected chi connectivity index (χ1v) is 9.00. The van der Waals surface area contributed by atoms with Gasteiger partial charge in [-0.3, -0.25) is 4.99 Å². The van der Waals surface area contributed by atoms with Crippen LogP contribution in [0.2, 0.25) is 0 Å². The Morgan fingerprint density at radius 3 is 2.50 bits per heavy atom. The van der Waals surface area contributed by atoms with E-state index >= 15 is 0 Å². The van der Waals surface area contributed by atoms with Gasteiger partial charge in [-0.25, -0.2) is 4.98 Å². The largest absolute Gasteiger partial charge is 0.378 e. The normalized spacial score (nSPS) is 25.6. The molecule has 138 valence electrons. The molecule has 1 aliphatic carbocycles. The highest BCUT2D eigenvalue weighted by atomic mass is 127. The summed E-state index contributed by atoms with van der Waals surface area (Å²) in [7, 11) is 3.61. The van der Waals surface area contributed by atoms with Gasteiger partial charge in [-0.05, 0) is 27.2 Å². The highest BCUT2D eigenvalue weighted by Gasteiger charge is 2.58. The van der Waals surface area contributed by atoms with Gasteiger partial charge in [0, 0.05) is 43.5 Å². The molecule has 0 radical (unpaired) electrons. The number of methoxy groups -OCH3 is 1. The number of nitrogens with zero attached hydrogens (tertiary/aromatic N) is 2. The van der Waals surface area contributed by atoms with Crippen molar-refractivity contribution in [3.8, 4) is 0 Å². The number of ether oxygens (including phenoxy) is 1. The predicted molar refractivity (Wildman–Crippen MR) is 113 cm³/mol. The summed E-state index contributed by atoms with van der Waals surface area (Å²) in [6.45, 7) is 11.7. The molecule has 1 aliphatic rings. The number of halogens is 1. The van der Waals surface area contributed by atoms with Gasteiger partial charge in [0.05, 0.1) is 16.3 Å². The predicted octanol–water partition coefficient (Wildman–Crippen LogP) is 3.29. The van der Waals surface area contributed by atoms with Crippen molar-refractivity contribution in [3.05, 3.63) is 15.6 Å². The molecule has 7 heteroatoms. The van der Waals surface area contributed by atoms with E-state index in [1.165, 1.54) is 4.88 Å². The van der Waals surface area contributed by atoms with E-state index in [4.69, 9.17) is 4.74 Å². The van der Waals surface area contributed by atoms with Crippen molar-refractivity contribution in [1.82, 2.24) is 15.6 Å². The maximum Gasteiger partial charge on any atom is 0.191 e. The maximum atomic E-state index is 5.68. The molecule has 2 unspecified atom stereocenters. The summed E-state index contributed by atoms with van der Waals surface area (Å²) in [4.78, 5) is 10.2. The van der Waals surface area contributed by atoms with E-state index in [-0.39, 0.29) is 35.0 Å². The molecule has 24 heavy (non-hydrogen) atoms. The van der Waals surface area contributed by atoms with Gasteiger partial charge in [-0.2, -0.15) is 0 Å². The van der Waals surface area contributed by atoms with Crippen LogP contribution in [0.15, 0.2) is 4.99 Å². The molecule has 0 aliphatic heterocycles. The minimum Gasteiger partial charge on any atom is -0.378 e. The Morgan fingerprint density at radius 1 is 1.38 bits per heavy atom. The fourth-order valence-corrected chi connectivity index (χ4v) is 4.12. The Bertz CT molecular complexity index is 587. The zero-order valence-corrected chi connectivity index (χ0v) is 19.0. The first-order chi connectivity index (χ1) is 10.7. The van der Waals surface area contributed by atoms with Crippen LogP contribution in [0, 0.1) is 19.3 Å². The Labute approximate surface area is 167 Å².